The van der Waals surface area contributed by atoms with E-state index >= 15 is 0 Å². The fraction of sp³-hybridized carbons (Fsp3) is 0.500. The smallest absolute Gasteiger partial charge is 0.222 e. The van der Waals surface area contributed by atoms with Gasteiger partial charge in [-0.3, -0.25) is 4.79 Å². The van der Waals surface area contributed by atoms with Crippen LogP contribution in [0.2, 0.25) is 0 Å². The van der Waals surface area contributed by atoms with E-state index in [-0.39, 0.29) is 11.9 Å². The van der Waals surface area contributed by atoms with Gasteiger partial charge in [-0.2, -0.15) is 0 Å². The summed E-state index contributed by atoms with van der Waals surface area (Å²) in [6.07, 6.45) is 2.67. The average molecular weight is 126 g/mol. The lowest BCUT2D eigenvalue weighted by Crippen LogP contribution is -2.23. The normalized spacial score (nSPS) is 39.8. The van der Waals surface area contributed by atoms with Gasteiger partial charge in [0.25, 0.3) is 0 Å². The molecule has 0 aliphatic carbocycles. The van der Waals surface area contributed by atoms with Crippen LogP contribution in [-0.4, -0.2) is 24.8 Å². The van der Waals surface area contributed by atoms with Crippen LogP contribution in [0.1, 0.15) is 0 Å². The van der Waals surface area contributed by atoms with Crippen LogP contribution in [0.25, 0.3) is 0 Å². The Morgan fingerprint density at radius 2 is 2.56 bits per heavy atom. The molecular weight excluding hydrogens is 120 g/mol. The molecule has 0 spiro atoms. The number of carbonyl (C=O) groups excluding carboxylic acids is 1. The van der Waals surface area contributed by atoms with Crippen molar-refractivity contribution in [3.8, 4) is 0 Å². The van der Waals surface area contributed by atoms with Crippen LogP contribution in [0.3, 0.4) is 0 Å². The molecule has 2 atom stereocenters. The minimum absolute atomic E-state index is 0.0210. The van der Waals surface area contributed by atoms with Gasteiger partial charge in [0, 0.05) is 0 Å². The first kappa shape index (κ1) is 5.14. The van der Waals surface area contributed by atoms with Crippen molar-refractivity contribution in [2.24, 2.45) is 0 Å². The van der Waals surface area contributed by atoms with E-state index in [4.69, 9.17) is 9.47 Å². The average Bonchev–Trinajstić information content (AvgIpc) is 2.25. The van der Waals surface area contributed by atoms with E-state index in [1.807, 2.05) is 0 Å². The van der Waals surface area contributed by atoms with Crippen LogP contribution in [0.15, 0.2) is 12.2 Å². The molecule has 0 aromatic carbocycles. The zero-order chi connectivity index (χ0) is 6.27. The Morgan fingerprint density at radius 3 is 3.33 bits per heavy atom. The predicted octanol–water partition coefficient (Wildman–Crippen LogP) is -0.133. The first-order valence-electron chi connectivity index (χ1n) is 2.85. The lowest BCUT2D eigenvalue weighted by molar-refractivity contribution is -0.141. The number of hydrogen-bond donors (Lipinski definition) is 0. The first-order chi connectivity index (χ1) is 4.36. The van der Waals surface area contributed by atoms with Crippen molar-refractivity contribution in [3.05, 3.63) is 12.2 Å². The third-order valence-corrected chi connectivity index (χ3v) is 1.42. The third-order valence-electron chi connectivity index (χ3n) is 1.42. The second-order valence-corrected chi connectivity index (χ2v) is 2.10. The molecular formula is C6H6O3. The van der Waals surface area contributed by atoms with Crippen molar-refractivity contribution in [1.29, 1.82) is 0 Å². The molecule has 0 radical (unpaired) electrons. The van der Waals surface area contributed by atoms with Crippen LogP contribution in [-0.2, 0) is 14.3 Å². The van der Waals surface area contributed by atoms with Crippen molar-refractivity contribution in [2.75, 3.05) is 6.61 Å². The van der Waals surface area contributed by atoms with Crippen molar-refractivity contribution in [3.63, 3.8) is 0 Å². The zero-order valence-electron chi connectivity index (χ0n) is 4.74. The molecule has 9 heavy (non-hydrogen) atoms. The van der Waals surface area contributed by atoms with E-state index < -0.39 is 6.29 Å². The monoisotopic (exact) mass is 126 g/mol. The molecule has 0 aromatic rings. The fourth-order valence-electron chi connectivity index (χ4n) is 0.950. The van der Waals surface area contributed by atoms with Gasteiger partial charge in [-0.05, 0) is 12.2 Å². The van der Waals surface area contributed by atoms with Crippen LogP contribution in [0, 0.1) is 0 Å². The van der Waals surface area contributed by atoms with Crippen molar-refractivity contribution >= 4 is 5.78 Å². The van der Waals surface area contributed by atoms with E-state index in [2.05, 4.69) is 0 Å². The molecule has 2 bridgehead atoms. The maximum atomic E-state index is 10.7. The summed E-state index contributed by atoms with van der Waals surface area (Å²) in [6, 6.07) is 0. The zero-order valence-corrected chi connectivity index (χ0v) is 4.74. The molecule has 0 saturated carbocycles. The van der Waals surface area contributed by atoms with Gasteiger partial charge in [0.05, 0.1) is 6.61 Å². The second-order valence-electron chi connectivity index (χ2n) is 2.10. The van der Waals surface area contributed by atoms with Crippen LogP contribution < -0.4 is 0 Å². The number of hydrogen-bond acceptors (Lipinski definition) is 3. The van der Waals surface area contributed by atoms with Gasteiger partial charge in [-0.25, -0.2) is 0 Å². The molecule has 2 heterocycles. The number of fused-ring (bicyclic) bond motifs is 2. The highest BCUT2D eigenvalue weighted by atomic mass is 16.7. The van der Waals surface area contributed by atoms with Gasteiger partial charge in [0.15, 0.2) is 0 Å². The number of ether oxygens (including phenoxy) is 2. The Balaban J connectivity index is 2.29. The van der Waals surface area contributed by atoms with E-state index in [1.165, 1.54) is 6.08 Å². The Kier molecular flexibility index (Phi) is 0.944. The van der Waals surface area contributed by atoms with E-state index in [0.29, 0.717) is 6.61 Å². The molecule has 2 aliphatic heterocycles. The largest absolute Gasteiger partial charge is 0.343 e. The summed E-state index contributed by atoms with van der Waals surface area (Å²) in [5, 5.41) is 0. The summed E-state index contributed by atoms with van der Waals surface area (Å²) in [7, 11) is 0. The van der Waals surface area contributed by atoms with Crippen molar-refractivity contribution in [2.45, 2.75) is 12.4 Å². The van der Waals surface area contributed by atoms with Crippen molar-refractivity contribution in [1.82, 2.24) is 0 Å². The molecule has 2 aliphatic rings. The molecule has 1 saturated heterocycles. The highest BCUT2D eigenvalue weighted by Crippen LogP contribution is 2.17. The minimum Gasteiger partial charge on any atom is -0.343 e. The molecule has 0 aromatic heterocycles. The molecule has 3 heteroatoms. The molecule has 0 N–H and O–H groups in total. The molecule has 2 rings (SSSR count). The van der Waals surface area contributed by atoms with Crippen molar-refractivity contribution < 1.29 is 14.3 Å². The lowest BCUT2D eigenvalue weighted by Gasteiger charge is -2.09. The second kappa shape index (κ2) is 1.65. The van der Waals surface area contributed by atoms with Crippen LogP contribution >= 0.6 is 0 Å². The van der Waals surface area contributed by atoms with Gasteiger partial charge in [0.2, 0.25) is 12.1 Å². The first-order valence-corrected chi connectivity index (χ1v) is 2.85. The molecule has 1 fully saturated rings. The van der Waals surface area contributed by atoms with E-state index in [1.54, 1.807) is 6.08 Å². The molecule has 0 unspecified atom stereocenters. The van der Waals surface area contributed by atoms with Gasteiger partial charge in [-0.15, -0.1) is 0 Å². The molecule has 3 nitrogen and oxygen atoms in total. The summed E-state index contributed by atoms with van der Waals surface area (Å²) >= 11 is 0. The maximum Gasteiger partial charge on any atom is 0.222 e. The lowest BCUT2D eigenvalue weighted by atomic mass is 10.2. The Hall–Kier alpha value is -0.670. The maximum absolute atomic E-state index is 10.7. The Bertz CT molecular complexity index is 173. The molecule has 0 amide bonds. The Morgan fingerprint density at radius 1 is 1.67 bits per heavy atom. The molecule has 48 valence electrons. The number of rotatable bonds is 0. The van der Waals surface area contributed by atoms with E-state index in [9.17, 15) is 4.79 Å². The summed E-state index contributed by atoms with van der Waals surface area (Å²) < 4.78 is 10.0. The summed E-state index contributed by atoms with van der Waals surface area (Å²) in [6.45, 7) is 0.521. The van der Waals surface area contributed by atoms with Gasteiger partial charge >= 0.3 is 0 Å². The highest BCUT2D eigenvalue weighted by molar-refractivity contribution is 5.93. The summed E-state index contributed by atoms with van der Waals surface area (Å²) in [5.41, 5.74) is 0. The Labute approximate surface area is 52.3 Å². The predicted molar refractivity (Wildman–Crippen MR) is 28.8 cm³/mol. The van der Waals surface area contributed by atoms with Crippen LogP contribution in [0.5, 0.6) is 0 Å². The minimum atomic E-state index is -0.597. The highest BCUT2D eigenvalue weighted by Gasteiger charge is 2.32. The number of carbonyl (C=O) groups is 1. The van der Waals surface area contributed by atoms with E-state index in [0.717, 1.165) is 0 Å². The third kappa shape index (κ3) is 0.693. The SMILES string of the molecule is O=C1C=C[C@@H]2CO[C@H]1O2. The van der Waals surface area contributed by atoms with Gasteiger partial charge in [-0.1, -0.05) is 0 Å². The number of ketones is 1. The van der Waals surface area contributed by atoms with Gasteiger partial charge < -0.3 is 9.47 Å². The fourth-order valence-corrected chi connectivity index (χ4v) is 0.950. The summed E-state index contributed by atoms with van der Waals surface area (Å²) in [5.74, 6) is -0.0799. The standard InChI is InChI=1S/C6H6O3/c7-5-2-1-4-3-8-6(5)9-4/h1-2,4,6H,3H2/t4-,6+/m1/s1. The van der Waals surface area contributed by atoms with Crippen LogP contribution in [0.4, 0.5) is 0 Å². The van der Waals surface area contributed by atoms with Gasteiger partial charge in [0.1, 0.15) is 6.10 Å². The quantitative estimate of drug-likeness (QED) is 0.453. The summed E-state index contributed by atoms with van der Waals surface area (Å²) in [4.78, 5) is 10.7. The topological polar surface area (TPSA) is 35.5 Å².